The molecule has 2 saturated heterocycles. The summed E-state index contributed by atoms with van der Waals surface area (Å²) >= 11 is 0. The Morgan fingerprint density at radius 2 is 1.86 bits per heavy atom. The number of methoxy groups -OCH3 is 1. The number of amides is 1. The highest BCUT2D eigenvalue weighted by Crippen LogP contribution is 2.45. The molecule has 5 aromatic rings. The number of nitrogen functional groups attached to an aromatic ring is 1. The van der Waals surface area contributed by atoms with Crippen LogP contribution in [-0.2, 0) is 0 Å². The number of nitrogens with zero attached hydrogens (tertiary/aromatic N) is 7. The number of ketones is 1. The molecular formula is C30H28FN9O3. The summed E-state index contributed by atoms with van der Waals surface area (Å²) in [5.74, 6) is -0.280. The number of nitrogens with one attached hydrogen (secondary N) is 1. The molecule has 1 amide bonds. The first-order valence-corrected chi connectivity index (χ1v) is 14.0. The molecule has 0 saturated carbocycles. The first-order valence-electron chi connectivity index (χ1n) is 14.0. The number of rotatable bonds is 6. The van der Waals surface area contributed by atoms with Gasteiger partial charge in [-0.25, -0.2) is 9.37 Å². The summed E-state index contributed by atoms with van der Waals surface area (Å²) in [4.78, 5) is 40.4. The Kier molecular flexibility index (Phi) is 6.37. The first kappa shape index (κ1) is 26.7. The third-order valence-electron chi connectivity index (χ3n) is 8.56. The number of hydrogen-bond donors (Lipinski definition) is 2. The van der Waals surface area contributed by atoms with Crippen molar-refractivity contribution in [1.29, 1.82) is 0 Å². The number of carbonyl (C=O) groups excluding carboxylic acids is 2. The Hall–Kier alpha value is -5.20. The zero-order valence-corrected chi connectivity index (χ0v) is 23.5. The minimum Gasteiger partial charge on any atom is -0.494 e. The number of Topliss-reactive ketones (excluding diaryl/α,β-unsaturated/α-hetero) is 1. The van der Waals surface area contributed by atoms with Crippen LogP contribution < -0.4 is 10.5 Å². The van der Waals surface area contributed by atoms with Gasteiger partial charge in [-0.1, -0.05) is 6.07 Å². The molecule has 2 aliphatic rings. The van der Waals surface area contributed by atoms with Gasteiger partial charge in [0.25, 0.3) is 5.91 Å². The lowest BCUT2D eigenvalue weighted by molar-refractivity contribution is 0.0556. The number of benzene rings is 1. The molecule has 2 bridgehead atoms. The van der Waals surface area contributed by atoms with E-state index in [2.05, 4.69) is 25.3 Å². The van der Waals surface area contributed by atoms with E-state index in [-0.39, 0.29) is 47.1 Å². The molecular weight excluding hydrogens is 553 g/mol. The minimum atomic E-state index is -0.469. The molecule has 2 aliphatic heterocycles. The Morgan fingerprint density at radius 1 is 1.09 bits per heavy atom. The molecule has 0 radical (unpaired) electrons. The highest BCUT2D eigenvalue weighted by molar-refractivity contribution is 6.00. The van der Waals surface area contributed by atoms with E-state index in [1.807, 2.05) is 11.0 Å². The smallest absolute Gasteiger partial charge is 0.292 e. The molecule has 1 aromatic carbocycles. The maximum atomic E-state index is 14.3. The summed E-state index contributed by atoms with van der Waals surface area (Å²) in [5.41, 5.74) is 10.7. The van der Waals surface area contributed by atoms with Crippen molar-refractivity contribution in [1.82, 2.24) is 39.7 Å². The molecule has 4 aromatic heterocycles. The molecule has 13 heteroatoms. The standard InChI is InChI=1S/C30H28FN9O3/c1-15(41)25-26(18-9-19-5-6-20(10-18)39(19)30(42)28-34-14-35-38-28)37-29-21(13-36-40(29)27(25)32)17-3-7-23(33-12-17)16-4-8-24(43-2)22(31)11-16/h3-4,7-8,11-14,18-20H,5-6,9-10,32H2,1-2H3,(H,34,35,38)/t18-,19-,20+. The number of fused-ring (bicyclic) bond motifs is 3. The lowest BCUT2D eigenvalue weighted by Crippen LogP contribution is -2.46. The number of halogens is 1. The highest BCUT2D eigenvalue weighted by Gasteiger charge is 2.45. The Bertz CT molecular complexity index is 1860. The maximum absolute atomic E-state index is 14.3. The van der Waals surface area contributed by atoms with Crippen LogP contribution in [0, 0.1) is 5.82 Å². The average molecular weight is 582 g/mol. The maximum Gasteiger partial charge on any atom is 0.292 e. The fourth-order valence-corrected chi connectivity index (χ4v) is 6.61. The van der Waals surface area contributed by atoms with E-state index in [4.69, 9.17) is 15.5 Å². The van der Waals surface area contributed by atoms with Crippen LogP contribution in [0.2, 0.25) is 0 Å². The van der Waals surface area contributed by atoms with Gasteiger partial charge in [0.1, 0.15) is 12.1 Å². The van der Waals surface area contributed by atoms with Gasteiger partial charge in [0.05, 0.1) is 30.3 Å². The molecule has 0 aliphatic carbocycles. The fraction of sp³-hybridized carbons (Fsp3) is 0.300. The van der Waals surface area contributed by atoms with E-state index < -0.39 is 5.82 Å². The number of nitrogens with two attached hydrogens (primary N) is 1. The van der Waals surface area contributed by atoms with E-state index in [1.54, 1.807) is 30.6 Å². The van der Waals surface area contributed by atoms with Crippen molar-refractivity contribution in [2.24, 2.45) is 0 Å². The summed E-state index contributed by atoms with van der Waals surface area (Å²) in [6, 6.07) is 8.33. The molecule has 2 fully saturated rings. The Morgan fingerprint density at radius 3 is 2.49 bits per heavy atom. The lowest BCUT2D eigenvalue weighted by Gasteiger charge is -2.38. The topological polar surface area (TPSA) is 157 Å². The van der Waals surface area contributed by atoms with Crippen molar-refractivity contribution >= 4 is 23.2 Å². The van der Waals surface area contributed by atoms with Gasteiger partial charge in [-0.15, -0.1) is 10.2 Å². The molecule has 7 rings (SSSR count). The molecule has 3 N–H and O–H groups in total. The van der Waals surface area contributed by atoms with Gasteiger partial charge in [-0.05, 0) is 56.9 Å². The number of anilines is 1. The molecule has 6 heterocycles. The molecule has 43 heavy (non-hydrogen) atoms. The van der Waals surface area contributed by atoms with Crippen LogP contribution in [0.5, 0.6) is 5.75 Å². The predicted molar refractivity (Wildman–Crippen MR) is 154 cm³/mol. The number of hydrogen-bond acceptors (Lipinski definition) is 9. The first-order chi connectivity index (χ1) is 20.8. The number of piperidine rings is 1. The number of aromatic nitrogens is 7. The second kappa shape index (κ2) is 10.3. The van der Waals surface area contributed by atoms with E-state index in [1.165, 1.54) is 30.9 Å². The molecule has 3 atom stereocenters. The Balaban J connectivity index is 1.24. The van der Waals surface area contributed by atoms with E-state index >= 15 is 0 Å². The van der Waals surface area contributed by atoms with Crippen LogP contribution in [0.25, 0.3) is 28.0 Å². The van der Waals surface area contributed by atoms with Crippen molar-refractivity contribution in [2.75, 3.05) is 12.8 Å². The summed E-state index contributed by atoms with van der Waals surface area (Å²) in [7, 11) is 1.42. The summed E-state index contributed by atoms with van der Waals surface area (Å²) in [5, 5.41) is 12.1. The van der Waals surface area contributed by atoms with E-state index in [0.717, 1.165) is 18.4 Å². The number of H-pyrrole nitrogens is 1. The van der Waals surface area contributed by atoms with Crippen LogP contribution in [0.4, 0.5) is 10.2 Å². The second-order valence-electron chi connectivity index (χ2n) is 11.0. The van der Waals surface area contributed by atoms with Gasteiger partial charge in [-0.2, -0.15) is 9.61 Å². The Labute approximate surface area is 245 Å². The van der Waals surface area contributed by atoms with Crippen LogP contribution in [0.1, 0.15) is 65.2 Å². The zero-order valence-electron chi connectivity index (χ0n) is 23.5. The van der Waals surface area contributed by atoms with Crippen molar-refractivity contribution in [3.63, 3.8) is 0 Å². The van der Waals surface area contributed by atoms with Gasteiger partial charge in [0.2, 0.25) is 5.82 Å². The SMILES string of the molecule is COc1ccc(-c2ccc(-c3cnn4c(N)c(C(C)=O)c([C@@H]5C[C@H]6CC[C@@H](C5)N6C(=O)c5nnc[nH]5)nc34)cn2)cc1F. The summed E-state index contributed by atoms with van der Waals surface area (Å²) in [6.07, 6.45) is 7.75. The molecule has 12 nitrogen and oxygen atoms in total. The molecule has 0 spiro atoms. The van der Waals surface area contributed by atoms with E-state index in [9.17, 15) is 14.0 Å². The quantitative estimate of drug-likeness (QED) is 0.282. The summed E-state index contributed by atoms with van der Waals surface area (Å²) < 4.78 is 20.8. The molecule has 0 unspecified atom stereocenters. The minimum absolute atomic E-state index is 0.00988. The van der Waals surface area contributed by atoms with Gasteiger partial charge >= 0.3 is 0 Å². The lowest BCUT2D eigenvalue weighted by atomic mass is 9.85. The third kappa shape index (κ3) is 4.39. The van der Waals surface area contributed by atoms with Crippen molar-refractivity contribution in [3.05, 3.63) is 72.0 Å². The second-order valence-corrected chi connectivity index (χ2v) is 11.0. The fourth-order valence-electron chi connectivity index (χ4n) is 6.61. The largest absolute Gasteiger partial charge is 0.494 e. The summed E-state index contributed by atoms with van der Waals surface area (Å²) in [6.45, 7) is 1.48. The van der Waals surface area contributed by atoms with Gasteiger partial charge in [-0.3, -0.25) is 14.6 Å². The van der Waals surface area contributed by atoms with Crippen molar-refractivity contribution < 1.29 is 18.7 Å². The number of aromatic amines is 1. The van der Waals surface area contributed by atoms with Gasteiger partial charge in [0, 0.05) is 40.9 Å². The van der Waals surface area contributed by atoms with Crippen LogP contribution in [0.15, 0.2) is 49.1 Å². The van der Waals surface area contributed by atoms with Crippen LogP contribution in [0.3, 0.4) is 0 Å². The van der Waals surface area contributed by atoms with Gasteiger partial charge in [0.15, 0.2) is 23.0 Å². The monoisotopic (exact) mass is 581 g/mol. The normalized spacial score (nSPS) is 19.6. The van der Waals surface area contributed by atoms with Crippen molar-refractivity contribution in [3.8, 4) is 28.1 Å². The zero-order chi connectivity index (χ0) is 29.8. The highest BCUT2D eigenvalue weighted by atomic mass is 19.1. The van der Waals surface area contributed by atoms with Crippen LogP contribution in [-0.4, -0.2) is 70.5 Å². The van der Waals surface area contributed by atoms with Crippen molar-refractivity contribution in [2.45, 2.75) is 50.6 Å². The number of pyridine rings is 1. The third-order valence-corrected chi connectivity index (χ3v) is 8.56. The predicted octanol–water partition coefficient (Wildman–Crippen LogP) is 4.06. The number of carbonyl (C=O) groups is 2. The van der Waals surface area contributed by atoms with E-state index in [0.29, 0.717) is 46.6 Å². The average Bonchev–Trinajstić information content (AvgIpc) is 3.75. The van der Waals surface area contributed by atoms with Crippen LogP contribution >= 0.6 is 0 Å². The van der Waals surface area contributed by atoms with Gasteiger partial charge < -0.3 is 20.4 Å². The number of ether oxygens (including phenoxy) is 1. The molecule has 218 valence electrons.